The fourth-order valence-corrected chi connectivity index (χ4v) is 3.87. The van der Waals surface area contributed by atoms with E-state index in [2.05, 4.69) is 10.3 Å². The molecule has 1 N–H and O–H groups in total. The number of amidine groups is 1. The highest BCUT2D eigenvalue weighted by molar-refractivity contribution is 8.15. The Kier molecular flexibility index (Phi) is 5.74. The molecule has 2 aromatic rings. The van der Waals surface area contributed by atoms with Crippen molar-refractivity contribution in [2.45, 2.75) is 18.6 Å². The van der Waals surface area contributed by atoms with Gasteiger partial charge >= 0.3 is 0 Å². The van der Waals surface area contributed by atoms with Crippen molar-refractivity contribution >= 4 is 45.8 Å². The van der Waals surface area contributed by atoms with Gasteiger partial charge in [-0.3, -0.25) is 24.6 Å². The van der Waals surface area contributed by atoms with Gasteiger partial charge in [0.05, 0.1) is 10.6 Å². The molecule has 1 saturated heterocycles. The molecule has 2 aromatic carbocycles. The fraction of sp³-hybridized carbons (Fsp3) is 0.211. The lowest BCUT2D eigenvalue weighted by atomic mass is 10.2. The van der Waals surface area contributed by atoms with E-state index in [-0.39, 0.29) is 23.7 Å². The topological polar surface area (TPSA) is 105 Å². The number of rotatable bonds is 5. The average molecular weight is 398 g/mol. The van der Waals surface area contributed by atoms with Crippen molar-refractivity contribution < 1.29 is 14.5 Å². The van der Waals surface area contributed by atoms with Crippen LogP contribution in [0.5, 0.6) is 0 Å². The lowest BCUT2D eigenvalue weighted by molar-refractivity contribution is -0.383. The molecule has 1 heterocycles. The molecule has 28 heavy (non-hydrogen) atoms. The van der Waals surface area contributed by atoms with Gasteiger partial charge < -0.3 is 5.32 Å². The van der Waals surface area contributed by atoms with Crippen molar-refractivity contribution in [3.05, 3.63) is 64.2 Å². The van der Waals surface area contributed by atoms with Crippen LogP contribution in [0.15, 0.2) is 53.5 Å². The summed E-state index contributed by atoms with van der Waals surface area (Å²) in [4.78, 5) is 41.2. The molecule has 0 unspecified atom stereocenters. The second-order valence-corrected chi connectivity index (χ2v) is 7.43. The first-order valence-electron chi connectivity index (χ1n) is 8.48. The van der Waals surface area contributed by atoms with E-state index in [1.807, 2.05) is 31.2 Å². The number of nitro benzene ring substituents is 1. The number of thioether (sulfide) groups is 1. The van der Waals surface area contributed by atoms with Crippen molar-refractivity contribution in [1.29, 1.82) is 0 Å². The Morgan fingerprint density at radius 2 is 2.04 bits per heavy atom. The Balaban J connectivity index is 1.70. The monoisotopic (exact) mass is 398 g/mol. The Hall–Kier alpha value is -3.20. The van der Waals surface area contributed by atoms with Crippen LogP contribution >= 0.6 is 11.8 Å². The minimum atomic E-state index is -0.628. The minimum absolute atomic E-state index is 0.104. The van der Waals surface area contributed by atoms with E-state index in [1.165, 1.54) is 34.9 Å². The minimum Gasteiger partial charge on any atom is -0.320 e. The summed E-state index contributed by atoms with van der Waals surface area (Å²) in [6.45, 7) is 1.95. The zero-order valence-electron chi connectivity index (χ0n) is 15.3. The Bertz CT molecular complexity index is 976. The standard InChI is InChI=1S/C19H18N4O4S/c1-12-6-5-7-13(10-12)20-19-22(2)18(25)16(28-19)11-17(24)21-14-8-3-4-9-15(14)23(26)27/h3-10,16H,11H2,1-2H3,(H,21,24)/t16-/m1/s1. The van der Waals surface area contributed by atoms with E-state index in [9.17, 15) is 19.7 Å². The second kappa shape index (κ2) is 8.22. The number of hydrogen-bond acceptors (Lipinski definition) is 6. The summed E-state index contributed by atoms with van der Waals surface area (Å²) in [5.74, 6) is -0.695. The molecular weight excluding hydrogens is 380 g/mol. The van der Waals surface area contributed by atoms with Gasteiger partial charge in [0.1, 0.15) is 10.9 Å². The maximum atomic E-state index is 12.5. The van der Waals surface area contributed by atoms with Gasteiger partial charge in [0.2, 0.25) is 11.8 Å². The summed E-state index contributed by atoms with van der Waals surface area (Å²) in [6.07, 6.45) is -0.104. The van der Waals surface area contributed by atoms with E-state index in [4.69, 9.17) is 0 Å². The lowest BCUT2D eigenvalue weighted by Crippen LogP contribution is -2.30. The van der Waals surface area contributed by atoms with Crippen LogP contribution in [0.4, 0.5) is 17.1 Å². The predicted octanol–water partition coefficient (Wildman–Crippen LogP) is 3.49. The van der Waals surface area contributed by atoms with Crippen LogP contribution in [0.2, 0.25) is 0 Å². The third-order valence-corrected chi connectivity index (χ3v) is 5.34. The molecule has 2 amide bonds. The number of para-hydroxylation sites is 2. The number of amides is 2. The third-order valence-electron chi connectivity index (χ3n) is 4.11. The number of carbonyl (C=O) groups excluding carboxylic acids is 2. The lowest BCUT2D eigenvalue weighted by Gasteiger charge is -2.09. The van der Waals surface area contributed by atoms with Crippen molar-refractivity contribution in [3.63, 3.8) is 0 Å². The van der Waals surface area contributed by atoms with Gasteiger partial charge in [-0.1, -0.05) is 36.0 Å². The van der Waals surface area contributed by atoms with Gasteiger partial charge in [0, 0.05) is 19.5 Å². The molecule has 0 aromatic heterocycles. The summed E-state index contributed by atoms with van der Waals surface area (Å²) < 4.78 is 0. The van der Waals surface area contributed by atoms with E-state index >= 15 is 0 Å². The van der Waals surface area contributed by atoms with Crippen LogP contribution in [0.25, 0.3) is 0 Å². The summed E-state index contributed by atoms with van der Waals surface area (Å²) >= 11 is 1.21. The zero-order valence-corrected chi connectivity index (χ0v) is 16.1. The number of nitro groups is 1. The number of nitrogens with zero attached hydrogens (tertiary/aromatic N) is 3. The van der Waals surface area contributed by atoms with Crippen LogP contribution in [0.1, 0.15) is 12.0 Å². The highest BCUT2D eigenvalue weighted by Crippen LogP contribution is 2.31. The van der Waals surface area contributed by atoms with Crippen LogP contribution in [0, 0.1) is 17.0 Å². The molecule has 1 fully saturated rings. The molecule has 144 valence electrons. The Morgan fingerprint density at radius 1 is 1.29 bits per heavy atom. The first-order valence-corrected chi connectivity index (χ1v) is 9.36. The molecule has 1 aliphatic heterocycles. The number of aryl methyl sites for hydroxylation is 1. The largest absolute Gasteiger partial charge is 0.320 e. The fourth-order valence-electron chi connectivity index (χ4n) is 2.71. The smallest absolute Gasteiger partial charge is 0.292 e. The molecule has 1 aliphatic rings. The summed E-state index contributed by atoms with van der Waals surface area (Å²) in [5.41, 5.74) is 1.70. The van der Waals surface area contributed by atoms with Gasteiger partial charge in [0.15, 0.2) is 5.17 Å². The van der Waals surface area contributed by atoms with Crippen molar-refractivity contribution in [2.24, 2.45) is 4.99 Å². The van der Waals surface area contributed by atoms with Crippen molar-refractivity contribution in [3.8, 4) is 0 Å². The number of carbonyl (C=O) groups is 2. The van der Waals surface area contributed by atoms with E-state index in [0.29, 0.717) is 5.17 Å². The van der Waals surface area contributed by atoms with E-state index < -0.39 is 16.1 Å². The van der Waals surface area contributed by atoms with Crippen LogP contribution < -0.4 is 5.32 Å². The van der Waals surface area contributed by atoms with Gasteiger partial charge in [0.25, 0.3) is 5.69 Å². The molecule has 1 atom stereocenters. The molecule has 0 saturated carbocycles. The van der Waals surface area contributed by atoms with Crippen LogP contribution in [0.3, 0.4) is 0 Å². The zero-order chi connectivity index (χ0) is 20.3. The normalized spacial score (nSPS) is 17.8. The molecular formula is C19H18N4O4S. The van der Waals surface area contributed by atoms with Gasteiger partial charge in [-0.25, -0.2) is 4.99 Å². The van der Waals surface area contributed by atoms with Crippen LogP contribution in [-0.2, 0) is 9.59 Å². The van der Waals surface area contributed by atoms with Gasteiger partial charge in [-0.05, 0) is 30.7 Å². The molecule has 8 nitrogen and oxygen atoms in total. The first kappa shape index (κ1) is 19.6. The van der Waals surface area contributed by atoms with E-state index in [1.54, 1.807) is 13.1 Å². The molecule has 0 spiro atoms. The molecule has 9 heteroatoms. The molecule has 3 rings (SSSR count). The Morgan fingerprint density at radius 3 is 2.75 bits per heavy atom. The summed E-state index contributed by atoms with van der Waals surface area (Å²) in [6, 6.07) is 13.5. The Labute approximate surface area is 165 Å². The molecule has 0 radical (unpaired) electrons. The number of anilines is 1. The summed E-state index contributed by atoms with van der Waals surface area (Å²) in [5, 5.41) is 13.5. The summed E-state index contributed by atoms with van der Waals surface area (Å²) in [7, 11) is 1.61. The van der Waals surface area contributed by atoms with Crippen LogP contribution in [-0.4, -0.2) is 39.1 Å². The number of aliphatic imine (C=N–C) groups is 1. The van der Waals surface area contributed by atoms with Gasteiger partial charge in [-0.2, -0.15) is 0 Å². The molecule has 0 bridgehead atoms. The maximum Gasteiger partial charge on any atom is 0.292 e. The highest BCUT2D eigenvalue weighted by Gasteiger charge is 2.37. The van der Waals surface area contributed by atoms with Crippen molar-refractivity contribution in [2.75, 3.05) is 12.4 Å². The number of nitrogens with one attached hydrogen (secondary N) is 1. The first-order chi connectivity index (χ1) is 13.3. The third kappa shape index (κ3) is 4.37. The quantitative estimate of drug-likeness (QED) is 0.613. The SMILES string of the molecule is Cc1cccc(N=C2S[C@H](CC(=O)Nc3ccccc3[N+](=O)[O-])C(=O)N2C)c1. The molecule has 0 aliphatic carbocycles. The predicted molar refractivity (Wildman–Crippen MR) is 109 cm³/mol. The number of benzene rings is 2. The number of hydrogen-bond donors (Lipinski definition) is 1. The van der Waals surface area contributed by atoms with Gasteiger partial charge in [-0.15, -0.1) is 0 Å². The average Bonchev–Trinajstić information content (AvgIpc) is 2.90. The highest BCUT2D eigenvalue weighted by atomic mass is 32.2. The van der Waals surface area contributed by atoms with Crippen molar-refractivity contribution in [1.82, 2.24) is 4.90 Å². The van der Waals surface area contributed by atoms with E-state index in [0.717, 1.165) is 11.3 Å². The maximum absolute atomic E-state index is 12.5. The second-order valence-electron chi connectivity index (χ2n) is 6.26.